The van der Waals surface area contributed by atoms with Crippen LogP contribution >= 0.6 is 0 Å². The van der Waals surface area contributed by atoms with Gasteiger partial charge in [0.15, 0.2) is 0 Å². The third-order valence-corrected chi connectivity index (χ3v) is 5.08. The standard InChI is InChI=1S/C25H35NO7S/c1-6-30-23(18-32-34(5,28)29)17-20-9-13-22(14-10-20)31-16-15-19-7-11-21(12-8-19)26-24(27)33-25(2,3)4/h7-14,23H,6,15-18H2,1-5H3,(H,26,27)/t23-/m1/s1. The second kappa shape index (κ2) is 12.7. The number of rotatable bonds is 12. The Bertz CT molecular complexity index is 997. The van der Waals surface area contributed by atoms with Crippen LogP contribution in [0.25, 0.3) is 0 Å². The van der Waals surface area contributed by atoms with Gasteiger partial charge in [-0.1, -0.05) is 24.3 Å². The summed E-state index contributed by atoms with van der Waals surface area (Å²) < 4.78 is 44.0. The van der Waals surface area contributed by atoms with Crippen LogP contribution in [0.5, 0.6) is 5.75 Å². The van der Waals surface area contributed by atoms with E-state index in [4.69, 9.17) is 18.4 Å². The fourth-order valence-corrected chi connectivity index (χ4v) is 3.45. The lowest BCUT2D eigenvalue weighted by Crippen LogP contribution is -2.27. The summed E-state index contributed by atoms with van der Waals surface area (Å²) in [4.78, 5) is 11.8. The van der Waals surface area contributed by atoms with Crippen LogP contribution < -0.4 is 10.1 Å². The normalized spacial score (nSPS) is 12.7. The minimum atomic E-state index is -3.51. The first-order chi connectivity index (χ1) is 15.9. The number of hydrogen-bond donors (Lipinski definition) is 1. The number of amides is 1. The third-order valence-electron chi connectivity index (χ3n) is 4.52. The summed E-state index contributed by atoms with van der Waals surface area (Å²) in [5, 5.41) is 2.71. The van der Waals surface area contributed by atoms with E-state index in [-0.39, 0.29) is 12.7 Å². The van der Waals surface area contributed by atoms with E-state index in [9.17, 15) is 13.2 Å². The molecule has 0 unspecified atom stereocenters. The minimum absolute atomic E-state index is 0.0169. The van der Waals surface area contributed by atoms with E-state index in [1.54, 1.807) is 0 Å². The Balaban J connectivity index is 1.79. The van der Waals surface area contributed by atoms with Gasteiger partial charge in [-0.05, 0) is 63.1 Å². The molecule has 0 heterocycles. The molecule has 0 fully saturated rings. The van der Waals surface area contributed by atoms with Crippen LogP contribution in [0.4, 0.5) is 10.5 Å². The monoisotopic (exact) mass is 493 g/mol. The van der Waals surface area contributed by atoms with Crippen LogP contribution in [0.2, 0.25) is 0 Å². The zero-order valence-electron chi connectivity index (χ0n) is 20.5. The molecule has 0 saturated carbocycles. The first kappa shape index (κ1) is 27.6. The maximum Gasteiger partial charge on any atom is 0.412 e. The fraction of sp³-hybridized carbons (Fsp3) is 0.480. The number of carbonyl (C=O) groups is 1. The predicted octanol–water partition coefficient (Wildman–Crippen LogP) is 4.58. The van der Waals surface area contributed by atoms with Crippen molar-refractivity contribution in [1.29, 1.82) is 0 Å². The topological polar surface area (TPSA) is 100 Å². The molecule has 1 N–H and O–H groups in total. The van der Waals surface area contributed by atoms with Crippen LogP contribution in [-0.4, -0.2) is 52.3 Å². The molecule has 9 heteroatoms. The van der Waals surface area contributed by atoms with Gasteiger partial charge in [-0.15, -0.1) is 0 Å². The number of ether oxygens (including phenoxy) is 3. The van der Waals surface area contributed by atoms with E-state index in [1.807, 2.05) is 76.2 Å². The molecule has 2 rings (SSSR count). The molecule has 0 aromatic heterocycles. The minimum Gasteiger partial charge on any atom is -0.493 e. The quantitative estimate of drug-likeness (QED) is 0.432. The molecule has 34 heavy (non-hydrogen) atoms. The summed E-state index contributed by atoms with van der Waals surface area (Å²) in [7, 11) is -3.51. The van der Waals surface area contributed by atoms with Crippen LogP contribution in [-0.2, 0) is 36.6 Å². The van der Waals surface area contributed by atoms with Crippen LogP contribution in [0.3, 0.4) is 0 Å². The summed E-state index contributed by atoms with van der Waals surface area (Å²) in [6, 6.07) is 15.1. The Kier molecular flexibility index (Phi) is 10.3. The van der Waals surface area contributed by atoms with E-state index < -0.39 is 21.8 Å². The zero-order valence-corrected chi connectivity index (χ0v) is 21.3. The lowest BCUT2D eigenvalue weighted by atomic mass is 10.1. The maximum atomic E-state index is 11.8. The first-order valence-electron chi connectivity index (χ1n) is 11.2. The molecule has 0 aliphatic rings. The largest absolute Gasteiger partial charge is 0.493 e. The molecule has 0 spiro atoms. The highest BCUT2D eigenvalue weighted by molar-refractivity contribution is 7.85. The molecule has 0 aliphatic carbocycles. The SMILES string of the molecule is CCO[C@@H](COS(C)(=O)=O)Cc1ccc(OCCc2ccc(NC(=O)OC(C)(C)C)cc2)cc1. The zero-order chi connectivity index (χ0) is 25.2. The highest BCUT2D eigenvalue weighted by Gasteiger charge is 2.16. The molecular formula is C25H35NO7S. The average Bonchev–Trinajstić information content (AvgIpc) is 2.73. The van der Waals surface area contributed by atoms with Gasteiger partial charge in [-0.2, -0.15) is 8.42 Å². The third kappa shape index (κ3) is 11.5. The molecule has 0 radical (unpaired) electrons. The Labute approximate surface area is 202 Å². The van der Waals surface area contributed by atoms with Gasteiger partial charge in [-0.25, -0.2) is 4.79 Å². The van der Waals surface area contributed by atoms with Crippen LogP contribution in [0, 0.1) is 0 Å². The molecule has 188 valence electrons. The Hall–Kier alpha value is -2.62. The van der Waals surface area contributed by atoms with Gasteiger partial charge >= 0.3 is 6.09 Å². The van der Waals surface area contributed by atoms with E-state index in [2.05, 4.69) is 5.32 Å². The number of carbonyl (C=O) groups excluding carboxylic acids is 1. The molecule has 1 amide bonds. The van der Waals surface area contributed by atoms with Gasteiger partial charge in [0.25, 0.3) is 10.1 Å². The highest BCUT2D eigenvalue weighted by atomic mass is 32.2. The maximum absolute atomic E-state index is 11.8. The van der Waals surface area contributed by atoms with E-state index >= 15 is 0 Å². The van der Waals surface area contributed by atoms with Gasteiger partial charge in [0.05, 0.1) is 25.6 Å². The van der Waals surface area contributed by atoms with Crippen molar-refractivity contribution in [2.45, 2.75) is 52.2 Å². The summed E-state index contributed by atoms with van der Waals surface area (Å²) >= 11 is 0. The molecule has 0 aliphatic heterocycles. The van der Waals surface area contributed by atoms with Gasteiger partial charge in [0.1, 0.15) is 11.4 Å². The van der Waals surface area contributed by atoms with Gasteiger partial charge < -0.3 is 14.2 Å². The van der Waals surface area contributed by atoms with Crippen molar-refractivity contribution in [1.82, 2.24) is 0 Å². The van der Waals surface area contributed by atoms with E-state index in [0.29, 0.717) is 31.7 Å². The molecule has 2 aromatic rings. The van der Waals surface area contributed by atoms with Gasteiger partial charge in [-0.3, -0.25) is 9.50 Å². The lowest BCUT2D eigenvalue weighted by molar-refractivity contribution is 0.0301. The fourth-order valence-electron chi connectivity index (χ4n) is 3.05. The Morgan fingerprint density at radius 1 is 1.00 bits per heavy atom. The average molecular weight is 494 g/mol. The first-order valence-corrected chi connectivity index (χ1v) is 13.0. The number of hydrogen-bond acceptors (Lipinski definition) is 7. The summed E-state index contributed by atoms with van der Waals surface area (Å²) in [5.74, 6) is 0.743. The van der Waals surface area contributed by atoms with Crippen LogP contribution in [0.15, 0.2) is 48.5 Å². The molecular weight excluding hydrogens is 458 g/mol. The smallest absolute Gasteiger partial charge is 0.412 e. The van der Waals surface area contributed by atoms with Crippen molar-refractivity contribution in [3.05, 3.63) is 59.7 Å². The molecule has 8 nitrogen and oxygen atoms in total. The summed E-state index contributed by atoms with van der Waals surface area (Å²) in [5.41, 5.74) is 2.20. The summed E-state index contributed by atoms with van der Waals surface area (Å²) in [6.07, 6.45) is 1.44. The van der Waals surface area contributed by atoms with E-state index in [0.717, 1.165) is 23.1 Å². The Morgan fingerprint density at radius 2 is 1.62 bits per heavy atom. The van der Waals surface area contributed by atoms with Crippen molar-refractivity contribution in [3.63, 3.8) is 0 Å². The summed E-state index contributed by atoms with van der Waals surface area (Å²) in [6.45, 7) is 8.26. The number of nitrogens with one attached hydrogen (secondary N) is 1. The van der Waals surface area contributed by atoms with Crippen molar-refractivity contribution in [2.75, 3.05) is 31.4 Å². The predicted molar refractivity (Wildman–Crippen MR) is 132 cm³/mol. The highest BCUT2D eigenvalue weighted by Crippen LogP contribution is 2.17. The van der Waals surface area contributed by atoms with E-state index in [1.165, 1.54) is 0 Å². The van der Waals surface area contributed by atoms with Gasteiger partial charge in [0, 0.05) is 25.1 Å². The number of benzene rings is 2. The second-order valence-corrected chi connectivity index (χ2v) is 10.5. The Morgan fingerprint density at radius 3 is 2.18 bits per heavy atom. The molecule has 2 aromatic carbocycles. The van der Waals surface area contributed by atoms with Gasteiger partial charge in [0.2, 0.25) is 0 Å². The van der Waals surface area contributed by atoms with Crippen molar-refractivity contribution in [3.8, 4) is 5.75 Å². The second-order valence-electron chi connectivity index (χ2n) is 8.84. The van der Waals surface area contributed by atoms with Crippen molar-refractivity contribution >= 4 is 21.9 Å². The molecule has 0 saturated heterocycles. The molecule has 1 atom stereocenters. The molecule has 0 bridgehead atoms. The van der Waals surface area contributed by atoms with Crippen molar-refractivity contribution < 1.29 is 31.6 Å². The van der Waals surface area contributed by atoms with Crippen LogP contribution in [0.1, 0.15) is 38.8 Å². The van der Waals surface area contributed by atoms with Crippen molar-refractivity contribution in [2.24, 2.45) is 0 Å². The lowest BCUT2D eigenvalue weighted by Gasteiger charge is -2.19. The number of anilines is 1.